The minimum atomic E-state index is -0.624. The fourth-order valence-corrected chi connectivity index (χ4v) is 3.76. The largest absolute Gasteiger partial charge is 0.490 e. The molecule has 0 fully saturated rings. The summed E-state index contributed by atoms with van der Waals surface area (Å²) in [5, 5.41) is 3.16. The van der Waals surface area contributed by atoms with Gasteiger partial charge >= 0.3 is 0 Å². The number of para-hydroxylation sites is 1. The third kappa shape index (κ3) is 5.97. The molecule has 31 heavy (non-hydrogen) atoms. The molecule has 0 radical (unpaired) electrons. The minimum absolute atomic E-state index is 0.0250. The first-order valence-corrected chi connectivity index (χ1v) is 11.0. The summed E-state index contributed by atoms with van der Waals surface area (Å²) in [5.41, 5.74) is 1.48. The smallest absolute Gasteiger partial charge is 0.258 e. The maximum atomic E-state index is 13.5. The van der Waals surface area contributed by atoms with Crippen LogP contribution in [0.4, 0.5) is 0 Å². The van der Waals surface area contributed by atoms with Crippen LogP contribution in [0.25, 0.3) is 0 Å². The summed E-state index contributed by atoms with van der Waals surface area (Å²) in [4.78, 5) is 28.3. The number of carbonyl (C=O) groups excluding carboxylic acids is 2. The van der Waals surface area contributed by atoms with Gasteiger partial charge in [-0.15, -0.1) is 0 Å². The van der Waals surface area contributed by atoms with Crippen molar-refractivity contribution in [2.24, 2.45) is 0 Å². The Balaban J connectivity index is 1.98. The van der Waals surface area contributed by atoms with Gasteiger partial charge in [0.2, 0.25) is 5.91 Å². The summed E-state index contributed by atoms with van der Waals surface area (Å²) >= 11 is 0. The fourth-order valence-electron chi connectivity index (χ4n) is 3.76. The van der Waals surface area contributed by atoms with Gasteiger partial charge in [0.25, 0.3) is 5.91 Å². The normalized spacial score (nSPS) is 23.8. The molecule has 5 nitrogen and oxygen atoms in total. The number of amides is 2. The number of benzene rings is 2. The summed E-state index contributed by atoms with van der Waals surface area (Å²) in [6.07, 6.45) is 6.88. The second-order valence-electron chi connectivity index (χ2n) is 8.10. The molecule has 2 aromatic rings. The lowest BCUT2D eigenvalue weighted by molar-refractivity contribution is -0.126. The van der Waals surface area contributed by atoms with E-state index >= 15 is 0 Å². The van der Waals surface area contributed by atoms with Crippen molar-refractivity contribution in [1.82, 2.24) is 10.2 Å². The minimum Gasteiger partial charge on any atom is -0.490 e. The van der Waals surface area contributed by atoms with Crippen molar-refractivity contribution in [2.75, 3.05) is 7.05 Å². The molecule has 0 saturated carbocycles. The van der Waals surface area contributed by atoms with Gasteiger partial charge in [-0.3, -0.25) is 9.59 Å². The van der Waals surface area contributed by atoms with Crippen molar-refractivity contribution in [3.63, 3.8) is 0 Å². The van der Waals surface area contributed by atoms with Crippen LogP contribution in [-0.4, -0.2) is 41.9 Å². The van der Waals surface area contributed by atoms with Gasteiger partial charge in [-0.05, 0) is 37.5 Å². The molecule has 1 N–H and O–H groups in total. The van der Waals surface area contributed by atoms with Gasteiger partial charge in [0.1, 0.15) is 11.8 Å². The molecule has 1 aliphatic heterocycles. The van der Waals surface area contributed by atoms with Crippen LogP contribution >= 0.6 is 0 Å². The van der Waals surface area contributed by atoms with Gasteiger partial charge < -0.3 is 15.0 Å². The quantitative estimate of drug-likeness (QED) is 0.750. The van der Waals surface area contributed by atoms with E-state index in [-0.39, 0.29) is 24.0 Å². The summed E-state index contributed by atoms with van der Waals surface area (Å²) < 4.78 is 6.09. The Labute approximate surface area is 185 Å². The van der Waals surface area contributed by atoms with Crippen molar-refractivity contribution in [3.8, 4) is 5.75 Å². The average molecular weight is 421 g/mol. The van der Waals surface area contributed by atoms with Crippen molar-refractivity contribution in [1.29, 1.82) is 0 Å². The Morgan fingerprint density at radius 2 is 1.68 bits per heavy atom. The number of carbonyl (C=O) groups is 2. The van der Waals surface area contributed by atoms with Crippen LogP contribution in [0.15, 0.2) is 66.7 Å². The van der Waals surface area contributed by atoms with E-state index in [0.29, 0.717) is 17.7 Å². The molecule has 0 bridgehead atoms. The molecule has 0 spiro atoms. The highest BCUT2D eigenvalue weighted by atomic mass is 16.5. The first-order valence-electron chi connectivity index (χ1n) is 11.0. The highest BCUT2D eigenvalue weighted by Gasteiger charge is 2.30. The zero-order valence-electron chi connectivity index (χ0n) is 18.6. The molecule has 2 amide bonds. The molecule has 3 rings (SSSR count). The van der Waals surface area contributed by atoms with Gasteiger partial charge in [-0.1, -0.05) is 61.5 Å². The van der Waals surface area contributed by atoms with Crippen LogP contribution in [0.2, 0.25) is 0 Å². The third-order valence-corrected chi connectivity index (χ3v) is 5.70. The number of hydrogen-bond donors (Lipinski definition) is 1. The van der Waals surface area contributed by atoms with Crippen LogP contribution in [0, 0.1) is 0 Å². The number of rotatable bonds is 3. The van der Waals surface area contributed by atoms with Gasteiger partial charge in [0.05, 0.1) is 11.7 Å². The number of likely N-dealkylation sites (N-methyl/N-ethyl adjacent to an activating group) is 1. The van der Waals surface area contributed by atoms with Crippen LogP contribution in [0.1, 0.15) is 49.0 Å². The molecule has 0 saturated heterocycles. The third-order valence-electron chi connectivity index (χ3n) is 5.70. The second kappa shape index (κ2) is 10.8. The zero-order chi connectivity index (χ0) is 22.2. The number of ether oxygens (including phenoxy) is 1. The summed E-state index contributed by atoms with van der Waals surface area (Å²) in [6.45, 7) is 4.06. The summed E-state index contributed by atoms with van der Waals surface area (Å²) in [6, 6.07) is 16.5. The van der Waals surface area contributed by atoms with E-state index in [1.54, 1.807) is 18.0 Å². The van der Waals surface area contributed by atoms with Gasteiger partial charge in [0.15, 0.2) is 0 Å². The standard InChI is InChI=1S/C26H32N2O3/c1-4-21-15-9-8-12-19(2)31-24-17-11-10-16-22(24)26(30)28(3)23(25(29)27-21)18-20-13-6-5-7-14-20/h5-11,13-14,16-17,19,21,23H,4,12,15,18H2,1-3H3,(H,27,29)/b9-8+/t19-,21-,23+/m0/s1. The van der Waals surface area contributed by atoms with E-state index in [2.05, 4.69) is 24.4 Å². The van der Waals surface area contributed by atoms with E-state index in [4.69, 9.17) is 4.74 Å². The Hall–Kier alpha value is -3.08. The monoisotopic (exact) mass is 420 g/mol. The SMILES string of the molecule is CC[C@H]1C/C=C/C[C@H](C)Oc2ccccc2C(=O)N(C)[C@H](Cc2ccccc2)C(=O)N1. The van der Waals surface area contributed by atoms with Crippen LogP contribution in [0.3, 0.4) is 0 Å². The zero-order valence-corrected chi connectivity index (χ0v) is 18.6. The fraction of sp³-hybridized carbons (Fsp3) is 0.385. The Morgan fingerprint density at radius 1 is 1.00 bits per heavy atom. The number of nitrogens with zero attached hydrogens (tertiary/aromatic N) is 1. The van der Waals surface area contributed by atoms with Crippen molar-refractivity contribution >= 4 is 11.8 Å². The Bertz CT molecular complexity index is 910. The molecule has 3 atom stereocenters. The van der Waals surface area contributed by atoms with Crippen molar-refractivity contribution in [2.45, 2.75) is 57.7 Å². The van der Waals surface area contributed by atoms with Crippen molar-refractivity contribution in [3.05, 3.63) is 77.9 Å². The first kappa shape index (κ1) is 22.6. The number of hydrogen-bond acceptors (Lipinski definition) is 3. The van der Waals surface area contributed by atoms with Crippen LogP contribution in [-0.2, 0) is 11.2 Å². The molecular formula is C26H32N2O3. The van der Waals surface area contributed by atoms with E-state index in [0.717, 1.165) is 24.8 Å². The lowest BCUT2D eigenvalue weighted by Crippen LogP contribution is -2.51. The summed E-state index contributed by atoms with van der Waals surface area (Å²) in [7, 11) is 1.70. The molecule has 1 heterocycles. The molecule has 2 aromatic carbocycles. The average Bonchev–Trinajstić information content (AvgIpc) is 2.79. The first-order chi connectivity index (χ1) is 15.0. The Kier molecular flexibility index (Phi) is 7.88. The highest BCUT2D eigenvalue weighted by molar-refractivity contribution is 5.99. The molecular weight excluding hydrogens is 388 g/mol. The molecule has 1 aliphatic rings. The maximum Gasteiger partial charge on any atom is 0.258 e. The van der Waals surface area contributed by atoms with Crippen LogP contribution < -0.4 is 10.1 Å². The van der Waals surface area contributed by atoms with Gasteiger partial charge in [0, 0.05) is 25.9 Å². The molecule has 5 heteroatoms. The predicted octanol–water partition coefficient (Wildman–Crippen LogP) is 4.38. The maximum absolute atomic E-state index is 13.5. The number of fused-ring (bicyclic) bond motifs is 1. The molecule has 0 unspecified atom stereocenters. The second-order valence-corrected chi connectivity index (χ2v) is 8.10. The topological polar surface area (TPSA) is 58.6 Å². The molecule has 164 valence electrons. The van der Waals surface area contributed by atoms with E-state index in [1.807, 2.05) is 55.5 Å². The lowest BCUT2D eigenvalue weighted by Gasteiger charge is -2.30. The van der Waals surface area contributed by atoms with Crippen molar-refractivity contribution < 1.29 is 14.3 Å². The lowest BCUT2D eigenvalue weighted by atomic mass is 10.0. The predicted molar refractivity (Wildman–Crippen MR) is 123 cm³/mol. The van der Waals surface area contributed by atoms with Gasteiger partial charge in [-0.25, -0.2) is 0 Å². The van der Waals surface area contributed by atoms with Gasteiger partial charge in [-0.2, -0.15) is 0 Å². The van der Waals surface area contributed by atoms with E-state index in [9.17, 15) is 9.59 Å². The van der Waals surface area contributed by atoms with E-state index < -0.39 is 6.04 Å². The molecule has 0 aromatic heterocycles. The Morgan fingerprint density at radius 3 is 2.42 bits per heavy atom. The summed E-state index contributed by atoms with van der Waals surface area (Å²) in [5.74, 6) is 0.186. The van der Waals surface area contributed by atoms with E-state index in [1.165, 1.54) is 0 Å². The molecule has 0 aliphatic carbocycles. The van der Waals surface area contributed by atoms with Crippen LogP contribution in [0.5, 0.6) is 5.75 Å². The highest BCUT2D eigenvalue weighted by Crippen LogP contribution is 2.23. The number of nitrogens with one attached hydrogen (secondary N) is 1.